The minimum absolute atomic E-state index is 1.12. The van der Waals surface area contributed by atoms with E-state index in [4.69, 9.17) is 0 Å². The lowest BCUT2D eigenvalue weighted by Crippen LogP contribution is -2.19. The highest BCUT2D eigenvalue weighted by Crippen LogP contribution is 2.30. The standard InChI is InChI=1S/C16H17NS/c1-2-6-13(7-3-1)15-9-11-18-16(15)12-14-8-4-5-10-17-14/h1-3,6-7,9,11-12,17H,4-5,8,10H2. The fourth-order valence-corrected chi connectivity index (χ4v) is 3.22. The van der Waals surface area contributed by atoms with Crippen molar-refractivity contribution in [3.63, 3.8) is 0 Å². The zero-order valence-electron chi connectivity index (χ0n) is 10.4. The van der Waals surface area contributed by atoms with E-state index < -0.39 is 0 Å². The maximum atomic E-state index is 3.50. The van der Waals surface area contributed by atoms with E-state index in [0.29, 0.717) is 0 Å². The van der Waals surface area contributed by atoms with Crippen LogP contribution in [0.4, 0.5) is 0 Å². The van der Waals surface area contributed by atoms with E-state index in [9.17, 15) is 0 Å². The van der Waals surface area contributed by atoms with E-state index in [0.717, 1.165) is 6.54 Å². The Hall–Kier alpha value is -1.54. The maximum absolute atomic E-state index is 3.50. The molecule has 1 N–H and O–H groups in total. The molecule has 1 aromatic heterocycles. The van der Waals surface area contributed by atoms with Gasteiger partial charge >= 0.3 is 0 Å². The first-order chi connectivity index (χ1) is 8.93. The molecule has 0 bridgehead atoms. The molecule has 2 heterocycles. The van der Waals surface area contributed by atoms with Gasteiger partial charge in [-0.1, -0.05) is 30.3 Å². The molecule has 1 aromatic carbocycles. The van der Waals surface area contributed by atoms with Gasteiger partial charge in [0.2, 0.25) is 0 Å². The van der Waals surface area contributed by atoms with Crippen LogP contribution in [0.5, 0.6) is 0 Å². The van der Waals surface area contributed by atoms with Crippen molar-refractivity contribution < 1.29 is 0 Å². The first-order valence-corrected chi connectivity index (χ1v) is 7.39. The molecular formula is C16H17NS. The molecule has 18 heavy (non-hydrogen) atoms. The van der Waals surface area contributed by atoms with Crippen LogP contribution in [0, 0.1) is 0 Å². The van der Waals surface area contributed by atoms with Crippen LogP contribution in [-0.4, -0.2) is 6.54 Å². The number of rotatable bonds is 2. The number of nitrogens with one attached hydrogen (secondary N) is 1. The Balaban J connectivity index is 1.92. The third kappa shape index (κ3) is 2.49. The van der Waals surface area contributed by atoms with Crippen molar-refractivity contribution >= 4 is 17.4 Å². The highest BCUT2D eigenvalue weighted by Gasteiger charge is 2.08. The highest BCUT2D eigenvalue weighted by atomic mass is 32.1. The molecule has 2 heteroatoms. The van der Waals surface area contributed by atoms with Gasteiger partial charge < -0.3 is 5.32 Å². The Bertz CT molecular complexity index is 531. The van der Waals surface area contributed by atoms with E-state index in [1.807, 2.05) is 11.3 Å². The van der Waals surface area contributed by atoms with Crippen molar-refractivity contribution in [3.05, 3.63) is 52.4 Å². The van der Waals surface area contributed by atoms with Crippen molar-refractivity contribution in [1.29, 1.82) is 0 Å². The lowest BCUT2D eigenvalue weighted by molar-refractivity contribution is 0.592. The molecule has 1 nitrogen and oxygen atoms in total. The van der Waals surface area contributed by atoms with Gasteiger partial charge in [0.1, 0.15) is 0 Å². The normalized spacial score (nSPS) is 17.7. The van der Waals surface area contributed by atoms with E-state index in [1.165, 1.54) is 41.0 Å². The molecule has 1 aliphatic heterocycles. The van der Waals surface area contributed by atoms with Gasteiger partial charge in [0.25, 0.3) is 0 Å². The molecular weight excluding hydrogens is 238 g/mol. The zero-order chi connectivity index (χ0) is 12.2. The summed E-state index contributed by atoms with van der Waals surface area (Å²) in [5.41, 5.74) is 4.04. The minimum Gasteiger partial charge on any atom is -0.388 e. The van der Waals surface area contributed by atoms with Crippen molar-refractivity contribution in [2.24, 2.45) is 0 Å². The maximum Gasteiger partial charge on any atom is 0.0365 e. The Labute approximate surface area is 112 Å². The molecule has 0 amide bonds. The summed E-state index contributed by atoms with van der Waals surface area (Å²) in [6.45, 7) is 1.12. The SMILES string of the molecule is C(=C1CCCCN1)c1sccc1-c1ccccc1. The van der Waals surface area contributed by atoms with Crippen LogP contribution in [0.1, 0.15) is 24.1 Å². The number of piperidine rings is 1. The summed E-state index contributed by atoms with van der Waals surface area (Å²) < 4.78 is 0. The van der Waals surface area contributed by atoms with Gasteiger partial charge in [0.15, 0.2) is 0 Å². The monoisotopic (exact) mass is 255 g/mol. The highest BCUT2D eigenvalue weighted by molar-refractivity contribution is 7.11. The molecule has 0 atom stereocenters. The number of hydrogen-bond acceptors (Lipinski definition) is 2. The molecule has 2 aromatic rings. The summed E-state index contributed by atoms with van der Waals surface area (Å²) in [5.74, 6) is 0. The predicted octanol–water partition coefficient (Wildman–Crippen LogP) is 4.53. The summed E-state index contributed by atoms with van der Waals surface area (Å²) in [6, 6.07) is 12.8. The van der Waals surface area contributed by atoms with Gasteiger partial charge in [0.05, 0.1) is 0 Å². The number of allylic oxidation sites excluding steroid dienone is 1. The summed E-state index contributed by atoms with van der Waals surface area (Å²) in [5, 5.41) is 5.68. The van der Waals surface area contributed by atoms with Crippen LogP contribution in [-0.2, 0) is 0 Å². The molecule has 1 aliphatic rings. The topological polar surface area (TPSA) is 12.0 Å². The molecule has 0 unspecified atom stereocenters. The van der Waals surface area contributed by atoms with Crippen LogP contribution in [0.15, 0.2) is 47.5 Å². The summed E-state index contributed by atoms with van der Waals surface area (Å²) >= 11 is 1.82. The third-order valence-electron chi connectivity index (χ3n) is 3.31. The van der Waals surface area contributed by atoms with Gasteiger partial charge in [0, 0.05) is 17.1 Å². The molecule has 0 saturated carbocycles. The minimum atomic E-state index is 1.12. The van der Waals surface area contributed by atoms with Crippen molar-refractivity contribution in [3.8, 4) is 11.1 Å². The molecule has 0 aliphatic carbocycles. The molecule has 0 radical (unpaired) electrons. The van der Waals surface area contributed by atoms with E-state index >= 15 is 0 Å². The Morgan fingerprint density at radius 2 is 1.94 bits per heavy atom. The second kappa shape index (κ2) is 5.40. The average Bonchev–Trinajstić information content (AvgIpc) is 2.89. The van der Waals surface area contributed by atoms with Gasteiger partial charge in [-0.05, 0) is 47.9 Å². The summed E-state index contributed by atoms with van der Waals surface area (Å²) in [7, 11) is 0. The first kappa shape index (κ1) is 11.5. The van der Waals surface area contributed by atoms with Crippen molar-refractivity contribution in [1.82, 2.24) is 5.32 Å². The van der Waals surface area contributed by atoms with Gasteiger partial charge in [-0.3, -0.25) is 0 Å². The first-order valence-electron chi connectivity index (χ1n) is 6.51. The Kier molecular flexibility index (Phi) is 3.47. The van der Waals surface area contributed by atoms with E-state index in [-0.39, 0.29) is 0 Å². The lowest BCUT2D eigenvalue weighted by atomic mass is 10.0. The van der Waals surface area contributed by atoms with Crippen molar-refractivity contribution in [2.45, 2.75) is 19.3 Å². The number of benzene rings is 1. The van der Waals surface area contributed by atoms with Gasteiger partial charge in [-0.15, -0.1) is 11.3 Å². The van der Waals surface area contributed by atoms with Gasteiger partial charge in [-0.25, -0.2) is 0 Å². The smallest absolute Gasteiger partial charge is 0.0365 e. The Morgan fingerprint density at radius 3 is 2.72 bits per heavy atom. The van der Waals surface area contributed by atoms with Crippen LogP contribution in [0.25, 0.3) is 17.2 Å². The quantitative estimate of drug-likeness (QED) is 0.831. The largest absolute Gasteiger partial charge is 0.388 e. The van der Waals surface area contributed by atoms with Crippen molar-refractivity contribution in [2.75, 3.05) is 6.54 Å². The third-order valence-corrected chi connectivity index (χ3v) is 4.17. The molecule has 1 saturated heterocycles. The van der Waals surface area contributed by atoms with Crippen LogP contribution in [0.3, 0.4) is 0 Å². The molecule has 0 spiro atoms. The summed E-state index contributed by atoms with van der Waals surface area (Å²) in [6.07, 6.45) is 6.12. The Morgan fingerprint density at radius 1 is 1.06 bits per heavy atom. The lowest BCUT2D eigenvalue weighted by Gasteiger charge is -2.16. The van der Waals surface area contributed by atoms with E-state index in [2.05, 4.69) is 53.2 Å². The second-order valence-electron chi connectivity index (χ2n) is 4.62. The molecule has 3 rings (SSSR count). The zero-order valence-corrected chi connectivity index (χ0v) is 11.2. The molecule has 92 valence electrons. The fraction of sp³-hybridized carbons (Fsp3) is 0.250. The fourth-order valence-electron chi connectivity index (χ4n) is 2.35. The number of thiophene rings is 1. The summed E-state index contributed by atoms with van der Waals surface area (Å²) in [4.78, 5) is 1.37. The predicted molar refractivity (Wildman–Crippen MR) is 79.6 cm³/mol. The average molecular weight is 255 g/mol. The number of hydrogen-bond donors (Lipinski definition) is 1. The van der Waals surface area contributed by atoms with Crippen LogP contribution < -0.4 is 5.32 Å². The second-order valence-corrected chi connectivity index (χ2v) is 5.57. The molecule has 1 fully saturated rings. The van der Waals surface area contributed by atoms with E-state index in [1.54, 1.807) is 0 Å². The van der Waals surface area contributed by atoms with Crippen LogP contribution >= 0.6 is 11.3 Å². The van der Waals surface area contributed by atoms with Gasteiger partial charge in [-0.2, -0.15) is 0 Å². The van der Waals surface area contributed by atoms with Crippen LogP contribution in [0.2, 0.25) is 0 Å².